The molecule has 1 aliphatic heterocycles. The molecule has 6 heteroatoms. The molecule has 1 heterocycles. The van der Waals surface area contributed by atoms with E-state index >= 15 is 0 Å². The summed E-state index contributed by atoms with van der Waals surface area (Å²) in [5, 5.41) is 16.1. The van der Waals surface area contributed by atoms with Crippen LogP contribution in [0.5, 0.6) is 0 Å². The van der Waals surface area contributed by atoms with Gasteiger partial charge in [0, 0.05) is 38.8 Å². The number of nitrogens with one attached hydrogen (secondary N) is 2. The van der Waals surface area contributed by atoms with Crippen molar-refractivity contribution in [3.63, 3.8) is 0 Å². The first-order chi connectivity index (χ1) is 10.8. The number of hydrogen-bond donors (Lipinski definition) is 3. The average Bonchev–Trinajstić information content (AvgIpc) is 3.01. The van der Waals surface area contributed by atoms with Crippen molar-refractivity contribution in [3.8, 4) is 0 Å². The van der Waals surface area contributed by atoms with E-state index in [0.717, 1.165) is 51.0 Å². The summed E-state index contributed by atoms with van der Waals surface area (Å²) >= 11 is 0. The molecule has 0 spiro atoms. The van der Waals surface area contributed by atoms with Gasteiger partial charge < -0.3 is 20.5 Å². The summed E-state index contributed by atoms with van der Waals surface area (Å²) in [6.07, 6.45) is 10.1. The third-order valence-electron chi connectivity index (χ3n) is 5.25. The van der Waals surface area contributed by atoms with Crippen molar-refractivity contribution in [3.05, 3.63) is 0 Å². The summed E-state index contributed by atoms with van der Waals surface area (Å²) in [5.74, 6) is 1.77. The minimum Gasteiger partial charge on any atom is -0.396 e. The van der Waals surface area contributed by atoms with E-state index in [-0.39, 0.29) is 36.0 Å². The molecule has 0 radical (unpaired) electrons. The molecule has 0 aromatic rings. The lowest BCUT2D eigenvalue weighted by Gasteiger charge is -2.28. The molecule has 5 nitrogen and oxygen atoms in total. The second-order valence-corrected chi connectivity index (χ2v) is 6.92. The largest absolute Gasteiger partial charge is 0.396 e. The predicted octanol–water partition coefficient (Wildman–Crippen LogP) is 2.53. The molecule has 1 saturated heterocycles. The molecule has 1 saturated carbocycles. The number of rotatable bonds is 7. The molecule has 2 rings (SSSR count). The Balaban J connectivity index is 0.00000264. The third-order valence-corrected chi connectivity index (χ3v) is 5.25. The summed E-state index contributed by atoms with van der Waals surface area (Å²) in [6, 6.07) is 0. The van der Waals surface area contributed by atoms with Crippen LogP contribution in [-0.2, 0) is 4.74 Å². The van der Waals surface area contributed by atoms with Gasteiger partial charge in [0.15, 0.2) is 5.96 Å². The van der Waals surface area contributed by atoms with Gasteiger partial charge in [0.2, 0.25) is 0 Å². The van der Waals surface area contributed by atoms with E-state index in [1.807, 2.05) is 7.05 Å². The zero-order valence-corrected chi connectivity index (χ0v) is 16.8. The minimum absolute atomic E-state index is 0. The van der Waals surface area contributed by atoms with Crippen molar-refractivity contribution in [1.29, 1.82) is 0 Å². The van der Waals surface area contributed by atoms with Crippen LogP contribution in [0.25, 0.3) is 0 Å². The van der Waals surface area contributed by atoms with Gasteiger partial charge in [-0.3, -0.25) is 4.99 Å². The Hall–Kier alpha value is -0.0800. The van der Waals surface area contributed by atoms with E-state index in [1.165, 1.54) is 38.5 Å². The highest BCUT2D eigenvalue weighted by molar-refractivity contribution is 14.0. The molecule has 0 aromatic heterocycles. The lowest BCUT2D eigenvalue weighted by Crippen LogP contribution is -2.45. The van der Waals surface area contributed by atoms with E-state index in [9.17, 15) is 5.11 Å². The second kappa shape index (κ2) is 11.5. The Bertz CT molecular complexity index is 341. The van der Waals surface area contributed by atoms with Gasteiger partial charge in [-0.25, -0.2) is 0 Å². The maximum Gasteiger partial charge on any atom is 0.190 e. The van der Waals surface area contributed by atoms with Crippen LogP contribution in [0.2, 0.25) is 0 Å². The normalized spacial score (nSPS) is 25.9. The van der Waals surface area contributed by atoms with Gasteiger partial charge in [-0.2, -0.15) is 0 Å². The summed E-state index contributed by atoms with van der Waals surface area (Å²) in [7, 11) is 1.82. The van der Waals surface area contributed by atoms with Crippen molar-refractivity contribution in [1.82, 2.24) is 10.6 Å². The van der Waals surface area contributed by atoms with Gasteiger partial charge in [-0.05, 0) is 25.2 Å². The molecule has 1 unspecified atom stereocenters. The maximum atomic E-state index is 9.27. The topological polar surface area (TPSA) is 65.9 Å². The van der Waals surface area contributed by atoms with Crippen LogP contribution >= 0.6 is 24.0 Å². The number of guanidine groups is 1. The summed E-state index contributed by atoms with van der Waals surface area (Å²) < 4.78 is 5.53. The van der Waals surface area contributed by atoms with Crippen molar-refractivity contribution < 1.29 is 9.84 Å². The van der Waals surface area contributed by atoms with Crippen LogP contribution in [0, 0.1) is 11.3 Å². The van der Waals surface area contributed by atoms with Gasteiger partial charge in [-0.15, -0.1) is 24.0 Å². The van der Waals surface area contributed by atoms with Crippen LogP contribution in [-0.4, -0.2) is 51.0 Å². The summed E-state index contributed by atoms with van der Waals surface area (Å²) in [5.41, 5.74) is 0.0652. The van der Waals surface area contributed by atoms with Gasteiger partial charge in [0.25, 0.3) is 0 Å². The third kappa shape index (κ3) is 7.13. The van der Waals surface area contributed by atoms with E-state index in [1.54, 1.807) is 0 Å². The van der Waals surface area contributed by atoms with Crippen LogP contribution < -0.4 is 10.6 Å². The van der Waals surface area contributed by atoms with E-state index < -0.39 is 0 Å². The second-order valence-electron chi connectivity index (χ2n) is 6.92. The Morgan fingerprint density at radius 1 is 1.26 bits per heavy atom. The Labute approximate surface area is 158 Å². The first-order valence-electron chi connectivity index (χ1n) is 8.91. The van der Waals surface area contributed by atoms with Crippen LogP contribution in [0.3, 0.4) is 0 Å². The Morgan fingerprint density at radius 2 is 2.04 bits per heavy atom. The molecule has 3 N–H and O–H groups in total. The molecular weight excluding hydrogens is 405 g/mol. The number of hydrogen-bond acceptors (Lipinski definition) is 3. The van der Waals surface area contributed by atoms with Gasteiger partial charge in [-0.1, -0.05) is 32.1 Å². The van der Waals surface area contributed by atoms with Crippen LogP contribution in [0.4, 0.5) is 0 Å². The van der Waals surface area contributed by atoms with Crippen molar-refractivity contribution in [2.24, 2.45) is 16.3 Å². The zero-order chi connectivity index (χ0) is 15.7. The fourth-order valence-corrected chi connectivity index (χ4v) is 3.67. The van der Waals surface area contributed by atoms with E-state index in [0.29, 0.717) is 0 Å². The Morgan fingerprint density at radius 3 is 2.65 bits per heavy atom. The maximum absolute atomic E-state index is 9.27. The molecule has 23 heavy (non-hydrogen) atoms. The molecule has 2 fully saturated rings. The van der Waals surface area contributed by atoms with E-state index in [4.69, 9.17) is 4.74 Å². The number of aliphatic hydroxyl groups excluding tert-OH is 1. The lowest BCUT2D eigenvalue weighted by atomic mass is 9.84. The highest BCUT2D eigenvalue weighted by Gasteiger charge is 2.34. The number of aliphatic imine (C=N–C) groups is 1. The molecule has 2 aliphatic rings. The molecule has 1 aliphatic carbocycles. The zero-order valence-electron chi connectivity index (χ0n) is 14.5. The van der Waals surface area contributed by atoms with Crippen molar-refractivity contribution >= 4 is 29.9 Å². The molecule has 0 bridgehead atoms. The van der Waals surface area contributed by atoms with Gasteiger partial charge >= 0.3 is 0 Å². The number of ether oxygens (including phenoxy) is 1. The standard InChI is InChI=1S/C17H33N3O2.HI/c1-18-16(19-10-7-15-5-3-2-4-6-15)20-13-17(8-11-21)9-12-22-14-17;/h15,21H,2-14H2,1H3,(H2,18,19,20);1H. The van der Waals surface area contributed by atoms with Crippen LogP contribution in [0.15, 0.2) is 4.99 Å². The van der Waals surface area contributed by atoms with Gasteiger partial charge in [0.05, 0.1) is 6.61 Å². The average molecular weight is 439 g/mol. The lowest BCUT2D eigenvalue weighted by molar-refractivity contribution is 0.127. The fraction of sp³-hybridized carbons (Fsp3) is 0.941. The fourth-order valence-electron chi connectivity index (χ4n) is 3.67. The highest BCUT2D eigenvalue weighted by atomic mass is 127. The van der Waals surface area contributed by atoms with Crippen molar-refractivity contribution in [2.75, 3.05) is 40.0 Å². The number of halogens is 1. The van der Waals surface area contributed by atoms with Crippen molar-refractivity contribution in [2.45, 2.75) is 51.4 Å². The highest BCUT2D eigenvalue weighted by Crippen LogP contribution is 2.31. The first kappa shape index (κ1) is 21.0. The Kier molecular flexibility index (Phi) is 10.5. The molecular formula is C17H34IN3O2. The SMILES string of the molecule is CN=C(NCCC1CCCCC1)NCC1(CCO)CCOC1.I. The number of nitrogens with zero attached hydrogens (tertiary/aromatic N) is 1. The van der Waals surface area contributed by atoms with Crippen LogP contribution in [0.1, 0.15) is 51.4 Å². The smallest absolute Gasteiger partial charge is 0.190 e. The molecule has 1 atom stereocenters. The van der Waals surface area contributed by atoms with Gasteiger partial charge in [0.1, 0.15) is 0 Å². The summed E-state index contributed by atoms with van der Waals surface area (Å²) in [4.78, 5) is 4.31. The van der Waals surface area contributed by atoms with E-state index in [2.05, 4.69) is 15.6 Å². The quantitative estimate of drug-likeness (QED) is 0.324. The first-order valence-corrected chi connectivity index (χ1v) is 8.91. The summed E-state index contributed by atoms with van der Waals surface area (Å²) in [6.45, 7) is 3.57. The monoisotopic (exact) mass is 439 g/mol. The molecule has 0 aromatic carbocycles. The molecule has 136 valence electrons. The predicted molar refractivity (Wildman–Crippen MR) is 106 cm³/mol. The molecule has 0 amide bonds. The minimum atomic E-state index is 0. The number of aliphatic hydroxyl groups is 1.